The number of piperidine rings is 1. The molecule has 0 spiro atoms. The number of aryl methyl sites for hydroxylation is 1. The second-order valence-corrected chi connectivity index (χ2v) is 7.18. The molecule has 0 N–H and O–H groups in total. The van der Waals surface area contributed by atoms with Crippen LogP contribution in [0.4, 0.5) is 0 Å². The number of benzene rings is 2. The summed E-state index contributed by atoms with van der Waals surface area (Å²) in [6.45, 7) is 3.13. The highest BCUT2D eigenvalue weighted by Crippen LogP contribution is 2.23. The van der Waals surface area contributed by atoms with Crippen LogP contribution in [-0.2, 0) is 0 Å². The predicted octanol–water partition coefficient (Wildman–Crippen LogP) is 3.31. The Morgan fingerprint density at radius 3 is 2.32 bits per heavy atom. The van der Waals surface area contributed by atoms with E-state index < -0.39 is 0 Å². The van der Waals surface area contributed by atoms with Crippen LogP contribution in [0.3, 0.4) is 0 Å². The van der Waals surface area contributed by atoms with E-state index in [1.807, 2.05) is 61.5 Å². The minimum absolute atomic E-state index is 0.0327. The predicted molar refractivity (Wildman–Crippen MR) is 105 cm³/mol. The Hall–Kier alpha value is -3.28. The molecule has 1 aliphatic heterocycles. The van der Waals surface area contributed by atoms with Crippen LogP contribution in [0.25, 0.3) is 5.69 Å². The third-order valence-electron chi connectivity index (χ3n) is 5.22. The maximum absolute atomic E-state index is 12.8. The van der Waals surface area contributed by atoms with Gasteiger partial charge in [-0.3, -0.25) is 9.59 Å². The van der Waals surface area contributed by atoms with Gasteiger partial charge in [-0.2, -0.15) is 0 Å². The summed E-state index contributed by atoms with van der Waals surface area (Å²) in [5, 5.41) is 8.13. The zero-order chi connectivity index (χ0) is 19.5. The van der Waals surface area contributed by atoms with Crippen molar-refractivity contribution in [1.29, 1.82) is 0 Å². The minimum Gasteiger partial charge on any atom is -0.337 e. The lowest BCUT2D eigenvalue weighted by atomic mass is 9.89. The first kappa shape index (κ1) is 18.1. The van der Waals surface area contributed by atoms with E-state index in [0.717, 1.165) is 16.8 Å². The van der Waals surface area contributed by atoms with Crippen molar-refractivity contribution < 1.29 is 9.59 Å². The van der Waals surface area contributed by atoms with E-state index in [1.165, 1.54) is 0 Å². The van der Waals surface area contributed by atoms with Gasteiger partial charge in [0.15, 0.2) is 11.5 Å². The molecule has 3 aromatic rings. The number of rotatable bonds is 4. The van der Waals surface area contributed by atoms with Gasteiger partial charge in [-0.25, -0.2) is 4.68 Å². The smallest absolute Gasteiger partial charge is 0.276 e. The molecule has 4 rings (SSSR count). The van der Waals surface area contributed by atoms with Crippen molar-refractivity contribution in [2.75, 3.05) is 13.1 Å². The Kier molecular flexibility index (Phi) is 5.02. The molecular formula is C22H22N4O2. The Balaban J connectivity index is 1.39. The molecule has 0 radical (unpaired) electrons. The standard InChI is InChI=1S/C22H22N4O2/c1-16-7-9-19(10-8-16)26-15-20(23-24-26)22(28)25-13-11-18(12-14-25)21(27)17-5-3-2-4-6-17/h2-10,15,18H,11-14H2,1H3. The molecule has 1 fully saturated rings. The van der Waals surface area contributed by atoms with E-state index in [4.69, 9.17) is 0 Å². The topological polar surface area (TPSA) is 68.1 Å². The van der Waals surface area contributed by atoms with E-state index >= 15 is 0 Å². The maximum atomic E-state index is 12.8. The highest BCUT2D eigenvalue weighted by molar-refractivity contribution is 5.98. The molecule has 1 aliphatic rings. The van der Waals surface area contributed by atoms with Crippen LogP contribution in [0, 0.1) is 12.8 Å². The van der Waals surface area contributed by atoms with Gasteiger partial charge in [0.1, 0.15) is 0 Å². The fourth-order valence-electron chi connectivity index (χ4n) is 3.53. The van der Waals surface area contributed by atoms with Crippen LogP contribution in [0.15, 0.2) is 60.8 Å². The summed E-state index contributed by atoms with van der Waals surface area (Å²) in [5.74, 6) is -0.00308. The lowest BCUT2D eigenvalue weighted by Crippen LogP contribution is -2.40. The molecule has 1 aromatic heterocycles. The van der Waals surface area contributed by atoms with Gasteiger partial charge in [-0.05, 0) is 31.9 Å². The molecule has 2 aromatic carbocycles. The molecule has 142 valence electrons. The van der Waals surface area contributed by atoms with E-state index in [2.05, 4.69) is 10.3 Å². The van der Waals surface area contributed by atoms with Gasteiger partial charge in [-0.15, -0.1) is 5.10 Å². The number of amides is 1. The number of Topliss-reactive ketones (excluding diaryl/α,β-unsaturated/α-hetero) is 1. The molecule has 1 saturated heterocycles. The minimum atomic E-state index is -0.135. The van der Waals surface area contributed by atoms with Crippen LogP contribution in [-0.4, -0.2) is 44.7 Å². The lowest BCUT2D eigenvalue weighted by molar-refractivity contribution is 0.0645. The van der Waals surface area contributed by atoms with Crippen molar-refractivity contribution in [1.82, 2.24) is 19.9 Å². The van der Waals surface area contributed by atoms with Crippen LogP contribution < -0.4 is 0 Å². The maximum Gasteiger partial charge on any atom is 0.276 e. The van der Waals surface area contributed by atoms with E-state index in [1.54, 1.807) is 15.8 Å². The lowest BCUT2D eigenvalue weighted by Gasteiger charge is -2.30. The first-order valence-corrected chi connectivity index (χ1v) is 9.50. The summed E-state index contributed by atoms with van der Waals surface area (Å²) in [5.41, 5.74) is 3.10. The Morgan fingerprint density at radius 1 is 0.964 bits per heavy atom. The molecule has 1 amide bonds. The van der Waals surface area contributed by atoms with Gasteiger partial charge in [0.25, 0.3) is 5.91 Å². The molecule has 6 heteroatoms. The fourth-order valence-corrected chi connectivity index (χ4v) is 3.53. The SMILES string of the molecule is Cc1ccc(-n2cc(C(=O)N3CCC(C(=O)c4ccccc4)CC3)nn2)cc1. The number of aromatic nitrogens is 3. The average molecular weight is 374 g/mol. The molecule has 0 aliphatic carbocycles. The largest absolute Gasteiger partial charge is 0.337 e. The van der Waals surface area contributed by atoms with Crippen LogP contribution >= 0.6 is 0 Å². The first-order valence-electron chi connectivity index (χ1n) is 9.50. The van der Waals surface area contributed by atoms with Crippen LogP contribution in [0.5, 0.6) is 0 Å². The van der Waals surface area contributed by atoms with Gasteiger partial charge in [0, 0.05) is 24.6 Å². The molecule has 0 atom stereocenters. The van der Waals surface area contributed by atoms with Gasteiger partial charge in [0.05, 0.1) is 11.9 Å². The van der Waals surface area contributed by atoms with Crippen LogP contribution in [0.2, 0.25) is 0 Å². The average Bonchev–Trinajstić information content (AvgIpc) is 3.24. The number of carbonyl (C=O) groups is 2. The van der Waals surface area contributed by atoms with Crippen LogP contribution in [0.1, 0.15) is 39.3 Å². The summed E-state index contributed by atoms with van der Waals surface area (Å²) in [4.78, 5) is 27.1. The van der Waals surface area contributed by atoms with Crippen molar-refractivity contribution in [2.45, 2.75) is 19.8 Å². The zero-order valence-corrected chi connectivity index (χ0v) is 15.8. The zero-order valence-electron chi connectivity index (χ0n) is 15.8. The second kappa shape index (κ2) is 7.76. The fraction of sp³-hybridized carbons (Fsp3) is 0.273. The molecule has 28 heavy (non-hydrogen) atoms. The molecule has 0 unspecified atom stereocenters. The third-order valence-corrected chi connectivity index (χ3v) is 5.22. The van der Waals surface area contributed by atoms with Crippen molar-refractivity contribution in [2.24, 2.45) is 5.92 Å². The first-order chi connectivity index (χ1) is 13.6. The van der Waals surface area contributed by atoms with Gasteiger partial charge in [-0.1, -0.05) is 53.2 Å². The van der Waals surface area contributed by atoms with Crippen molar-refractivity contribution in [3.05, 3.63) is 77.6 Å². The molecule has 0 saturated carbocycles. The van der Waals surface area contributed by atoms with Crippen molar-refractivity contribution in [3.8, 4) is 5.69 Å². The summed E-state index contributed by atoms with van der Waals surface area (Å²) >= 11 is 0. The van der Waals surface area contributed by atoms with Gasteiger partial charge < -0.3 is 4.90 Å². The van der Waals surface area contributed by atoms with E-state index in [9.17, 15) is 9.59 Å². The van der Waals surface area contributed by atoms with E-state index in [0.29, 0.717) is 31.6 Å². The van der Waals surface area contributed by atoms with Crippen molar-refractivity contribution >= 4 is 11.7 Å². The molecule has 0 bridgehead atoms. The number of hydrogen-bond acceptors (Lipinski definition) is 4. The Morgan fingerprint density at radius 2 is 1.64 bits per heavy atom. The quantitative estimate of drug-likeness (QED) is 0.657. The molecule has 6 nitrogen and oxygen atoms in total. The summed E-state index contributed by atoms with van der Waals surface area (Å²) < 4.78 is 1.61. The highest BCUT2D eigenvalue weighted by Gasteiger charge is 2.29. The molecule has 2 heterocycles. The Labute approximate surface area is 163 Å². The van der Waals surface area contributed by atoms with Gasteiger partial charge in [0.2, 0.25) is 0 Å². The van der Waals surface area contributed by atoms with Gasteiger partial charge >= 0.3 is 0 Å². The number of carbonyl (C=O) groups excluding carboxylic acids is 2. The number of ketones is 1. The summed E-state index contributed by atoms with van der Waals surface area (Å²) in [6.07, 6.45) is 3.01. The number of hydrogen-bond donors (Lipinski definition) is 0. The van der Waals surface area contributed by atoms with Crippen molar-refractivity contribution in [3.63, 3.8) is 0 Å². The second-order valence-electron chi connectivity index (χ2n) is 7.18. The normalized spacial score (nSPS) is 14.8. The summed E-state index contributed by atoms with van der Waals surface area (Å²) in [6, 6.07) is 17.2. The molecular weight excluding hydrogens is 352 g/mol. The highest BCUT2D eigenvalue weighted by atomic mass is 16.2. The number of nitrogens with zero attached hydrogens (tertiary/aromatic N) is 4. The third kappa shape index (κ3) is 3.71. The Bertz CT molecular complexity index is 971. The summed E-state index contributed by atoms with van der Waals surface area (Å²) in [7, 11) is 0. The monoisotopic (exact) mass is 374 g/mol. The number of likely N-dealkylation sites (tertiary alicyclic amines) is 1. The van der Waals surface area contributed by atoms with E-state index in [-0.39, 0.29) is 17.6 Å².